The second-order valence-electron chi connectivity index (χ2n) is 4.96. The zero-order valence-electron chi connectivity index (χ0n) is 12.6. The molecule has 1 heterocycles. The number of nitro groups is 2. The van der Waals surface area contributed by atoms with Gasteiger partial charge >= 0.3 is 0 Å². The topological polar surface area (TPSA) is 133 Å². The molecule has 2 aromatic rings. The second kappa shape index (κ2) is 6.62. The Kier molecular flexibility index (Phi) is 4.79. The summed E-state index contributed by atoms with van der Waals surface area (Å²) in [6, 6.07) is 2.14. The van der Waals surface area contributed by atoms with Crippen LogP contribution < -0.4 is 5.32 Å². The highest BCUT2D eigenvalue weighted by Gasteiger charge is 2.23. The molecule has 0 spiro atoms. The molecule has 1 amide bonds. The summed E-state index contributed by atoms with van der Waals surface area (Å²) < 4.78 is 1.30. The number of anilines is 1. The van der Waals surface area contributed by atoms with Gasteiger partial charge in [-0.2, -0.15) is 5.10 Å². The van der Waals surface area contributed by atoms with Gasteiger partial charge in [0.1, 0.15) is 12.1 Å². The summed E-state index contributed by atoms with van der Waals surface area (Å²) in [7, 11) is 0. The summed E-state index contributed by atoms with van der Waals surface area (Å²) in [6.45, 7) is 2.75. The van der Waals surface area contributed by atoms with Crippen LogP contribution >= 0.6 is 11.6 Å². The van der Waals surface area contributed by atoms with Crippen molar-refractivity contribution in [3.8, 4) is 0 Å². The first-order chi connectivity index (χ1) is 11.2. The summed E-state index contributed by atoms with van der Waals surface area (Å²) in [5, 5.41) is 28.8. The Labute approximate surface area is 140 Å². The summed E-state index contributed by atoms with van der Waals surface area (Å²) in [6.07, 6.45) is 1.45. The van der Waals surface area contributed by atoms with Crippen LogP contribution in [0.4, 0.5) is 17.1 Å². The van der Waals surface area contributed by atoms with Crippen molar-refractivity contribution in [1.82, 2.24) is 9.78 Å². The van der Waals surface area contributed by atoms with E-state index in [9.17, 15) is 25.0 Å². The van der Waals surface area contributed by atoms with Gasteiger partial charge in [0.05, 0.1) is 26.3 Å². The molecular weight excluding hydrogens is 342 g/mol. The maximum absolute atomic E-state index is 12.0. The number of aryl methyl sites for hydroxylation is 1. The second-order valence-corrected chi connectivity index (χ2v) is 5.37. The predicted octanol–water partition coefficient (Wildman–Crippen LogP) is 2.61. The largest absolute Gasteiger partial charge is 0.324 e. The molecule has 0 unspecified atom stereocenters. The van der Waals surface area contributed by atoms with Gasteiger partial charge in [0.25, 0.3) is 11.4 Å². The fraction of sp³-hybridized carbons (Fsp3) is 0.231. The lowest BCUT2D eigenvalue weighted by Gasteiger charge is -2.07. The van der Waals surface area contributed by atoms with Crippen molar-refractivity contribution in [3.63, 3.8) is 0 Å². The van der Waals surface area contributed by atoms with Crippen LogP contribution in [0.15, 0.2) is 18.3 Å². The van der Waals surface area contributed by atoms with Crippen LogP contribution in [0.25, 0.3) is 0 Å². The van der Waals surface area contributed by atoms with Crippen LogP contribution in [0.3, 0.4) is 0 Å². The fourth-order valence-electron chi connectivity index (χ4n) is 2.06. The van der Waals surface area contributed by atoms with E-state index in [4.69, 9.17) is 11.6 Å². The lowest BCUT2D eigenvalue weighted by molar-refractivity contribution is -0.395. The van der Waals surface area contributed by atoms with Crippen molar-refractivity contribution in [2.24, 2.45) is 0 Å². The number of carbonyl (C=O) groups is 1. The van der Waals surface area contributed by atoms with Crippen LogP contribution in [0, 0.1) is 34.1 Å². The van der Waals surface area contributed by atoms with Crippen molar-refractivity contribution in [3.05, 3.63) is 54.8 Å². The van der Waals surface area contributed by atoms with Gasteiger partial charge in [0, 0.05) is 18.3 Å². The number of aromatic nitrogens is 2. The SMILES string of the molecule is Cc1nn(CC(=O)Nc2cc([N+](=O)[O-])c(C)c([N+](=O)[O-])c2)cc1Cl. The van der Waals surface area contributed by atoms with Gasteiger partial charge in [-0.3, -0.25) is 29.7 Å². The third kappa shape index (κ3) is 3.66. The van der Waals surface area contributed by atoms with E-state index in [-0.39, 0.29) is 17.8 Å². The summed E-state index contributed by atoms with van der Waals surface area (Å²) in [4.78, 5) is 32.5. The molecule has 0 saturated carbocycles. The van der Waals surface area contributed by atoms with E-state index in [0.29, 0.717) is 10.7 Å². The molecule has 0 radical (unpaired) electrons. The first kappa shape index (κ1) is 17.3. The van der Waals surface area contributed by atoms with Gasteiger partial charge in [0.2, 0.25) is 5.91 Å². The van der Waals surface area contributed by atoms with Crippen LogP contribution in [-0.2, 0) is 11.3 Å². The average molecular weight is 354 g/mol. The van der Waals surface area contributed by atoms with Crippen molar-refractivity contribution >= 4 is 34.6 Å². The average Bonchev–Trinajstić information content (AvgIpc) is 2.78. The highest BCUT2D eigenvalue weighted by molar-refractivity contribution is 6.31. The first-order valence-electron chi connectivity index (χ1n) is 6.62. The van der Waals surface area contributed by atoms with Crippen molar-refractivity contribution < 1.29 is 14.6 Å². The normalized spacial score (nSPS) is 10.5. The number of halogens is 1. The van der Waals surface area contributed by atoms with Crippen molar-refractivity contribution in [2.45, 2.75) is 20.4 Å². The quantitative estimate of drug-likeness (QED) is 0.648. The molecule has 1 N–H and O–H groups in total. The first-order valence-corrected chi connectivity index (χ1v) is 6.99. The van der Waals surface area contributed by atoms with E-state index in [1.54, 1.807) is 6.92 Å². The maximum atomic E-state index is 12.0. The molecule has 126 valence electrons. The standard InChI is InChI=1S/C13H12ClN5O5/c1-7-11(18(21)22)3-9(4-12(7)19(23)24)15-13(20)6-17-5-10(14)8(2)16-17/h3-5H,6H2,1-2H3,(H,15,20). The Bertz CT molecular complexity index is 793. The maximum Gasteiger partial charge on any atom is 0.281 e. The molecule has 10 nitrogen and oxygen atoms in total. The summed E-state index contributed by atoms with van der Waals surface area (Å²) in [5.74, 6) is -0.554. The Balaban J connectivity index is 2.26. The van der Waals surface area contributed by atoms with Gasteiger partial charge in [0.15, 0.2) is 0 Å². The van der Waals surface area contributed by atoms with E-state index < -0.39 is 27.1 Å². The van der Waals surface area contributed by atoms with E-state index >= 15 is 0 Å². The smallest absolute Gasteiger partial charge is 0.281 e. The number of nitrogens with zero attached hydrogens (tertiary/aromatic N) is 4. The molecule has 11 heteroatoms. The highest BCUT2D eigenvalue weighted by Crippen LogP contribution is 2.31. The van der Waals surface area contributed by atoms with Crippen LogP contribution in [0.2, 0.25) is 5.02 Å². The molecule has 0 aliphatic carbocycles. The Morgan fingerprint density at radius 1 is 1.25 bits per heavy atom. The Morgan fingerprint density at radius 2 is 1.79 bits per heavy atom. The molecule has 0 atom stereocenters. The summed E-state index contributed by atoms with van der Waals surface area (Å²) in [5.41, 5.74) is -0.475. The minimum atomic E-state index is -0.741. The molecule has 0 bridgehead atoms. The lowest BCUT2D eigenvalue weighted by Crippen LogP contribution is -2.19. The minimum absolute atomic E-state index is 0.0426. The predicted molar refractivity (Wildman–Crippen MR) is 85.1 cm³/mol. The number of nitro benzene ring substituents is 2. The third-order valence-electron chi connectivity index (χ3n) is 3.22. The summed E-state index contributed by atoms with van der Waals surface area (Å²) >= 11 is 5.84. The number of benzene rings is 1. The van der Waals surface area contributed by atoms with Crippen molar-refractivity contribution in [1.29, 1.82) is 0 Å². The van der Waals surface area contributed by atoms with Crippen molar-refractivity contribution in [2.75, 3.05) is 5.32 Å². The number of hydrogen-bond acceptors (Lipinski definition) is 6. The molecule has 0 fully saturated rings. The number of carbonyl (C=O) groups excluding carboxylic acids is 1. The molecular formula is C13H12ClN5O5. The molecule has 0 saturated heterocycles. The minimum Gasteiger partial charge on any atom is -0.324 e. The Morgan fingerprint density at radius 3 is 2.21 bits per heavy atom. The number of amides is 1. The zero-order chi connectivity index (χ0) is 18.0. The monoisotopic (exact) mass is 353 g/mol. The number of nitrogens with one attached hydrogen (secondary N) is 1. The molecule has 0 aliphatic heterocycles. The number of hydrogen-bond donors (Lipinski definition) is 1. The molecule has 1 aromatic heterocycles. The molecule has 1 aromatic carbocycles. The lowest BCUT2D eigenvalue weighted by atomic mass is 10.1. The van der Waals surface area contributed by atoms with E-state index in [2.05, 4.69) is 10.4 Å². The van der Waals surface area contributed by atoms with Gasteiger partial charge in [-0.15, -0.1) is 0 Å². The number of rotatable bonds is 5. The van der Waals surface area contributed by atoms with E-state index in [0.717, 1.165) is 12.1 Å². The van der Waals surface area contributed by atoms with Gasteiger partial charge in [-0.1, -0.05) is 11.6 Å². The highest BCUT2D eigenvalue weighted by atomic mass is 35.5. The van der Waals surface area contributed by atoms with Gasteiger partial charge in [-0.25, -0.2) is 0 Å². The van der Waals surface area contributed by atoms with Gasteiger partial charge < -0.3 is 5.32 Å². The molecule has 2 rings (SSSR count). The fourth-order valence-corrected chi connectivity index (χ4v) is 2.21. The molecule has 24 heavy (non-hydrogen) atoms. The Hall–Kier alpha value is -3.01. The van der Waals surface area contributed by atoms with E-state index in [1.165, 1.54) is 17.8 Å². The zero-order valence-corrected chi connectivity index (χ0v) is 13.4. The van der Waals surface area contributed by atoms with Crippen LogP contribution in [0.1, 0.15) is 11.3 Å². The third-order valence-corrected chi connectivity index (χ3v) is 3.59. The van der Waals surface area contributed by atoms with E-state index in [1.807, 2.05) is 0 Å². The molecule has 0 aliphatic rings. The van der Waals surface area contributed by atoms with Crippen LogP contribution in [-0.4, -0.2) is 25.5 Å². The van der Waals surface area contributed by atoms with Crippen LogP contribution in [0.5, 0.6) is 0 Å². The van der Waals surface area contributed by atoms with Gasteiger partial charge in [-0.05, 0) is 13.8 Å².